The molecule has 5 rings (SSSR count). The molecular formula is C18H23BO2. The van der Waals surface area contributed by atoms with Crippen LogP contribution in [0, 0.1) is 17.3 Å². The van der Waals surface area contributed by atoms with E-state index >= 15 is 0 Å². The third-order valence-electron chi connectivity index (χ3n) is 6.08. The first-order valence-corrected chi connectivity index (χ1v) is 8.05. The SMILES string of the molecule is CC1(C)[C@H]2C[C@@H]1[C@@H]1OB(/C=C/c3ccccc3)O[C@]1(C)C2. The third-order valence-corrected chi connectivity index (χ3v) is 6.08. The van der Waals surface area contributed by atoms with E-state index in [9.17, 15) is 0 Å². The Labute approximate surface area is 127 Å². The maximum atomic E-state index is 6.27. The molecule has 4 atom stereocenters. The molecule has 21 heavy (non-hydrogen) atoms. The second kappa shape index (κ2) is 4.47. The van der Waals surface area contributed by atoms with Gasteiger partial charge in [0.25, 0.3) is 0 Å². The Hall–Kier alpha value is -1.06. The minimum absolute atomic E-state index is 0.0885. The van der Waals surface area contributed by atoms with Crippen LogP contribution in [0.4, 0.5) is 0 Å². The monoisotopic (exact) mass is 282 g/mol. The molecule has 0 radical (unpaired) electrons. The van der Waals surface area contributed by atoms with Crippen LogP contribution in [0.25, 0.3) is 6.08 Å². The Kier molecular flexibility index (Phi) is 2.89. The third kappa shape index (κ3) is 2.02. The van der Waals surface area contributed by atoms with Gasteiger partial charge in [-0.25, -0.2) is 0 Å². The zero-order chi connectivity index (χ0) is 14.7. The van der Waals surface area contributed by atoms with Gasteiger partial charge in [0.1, 0.15) is 0 Å². The van der Waals surface area contributed by atoms with Gasteiger partial charge < -0.3 is 9.31 Å². The maximum absolute atomic E-state index is 6.27. The minimum Gasteiger partial charge on any atom is -0.402 e. The summed E-state index contributed by atoms with van der Waals surface area (Å²) in [4.78, 5) is 0. The topological polar surface area (TPSA) is 18.5 Å². The zero-order valence-electron chi connectivity index (χ0n) is 13.1. The first-order chi connectivity index (χ1) is 9.99. The lowest BCUT2D eigenvalue weighted by Crippen LogP contribution is -2.63. The van der Waals surface area contributed by atoms with Crippen molar-refractivity contribution in [3.8, 4) is 0 Å². The Morgan fingerprint density at radius 3 is 2.67 bits per heavy atom. The molecule has 4 fully saturated rings. The van der Waals surface area contributed by atoms with E-state index in [1.807, 2.05) is 6.07 Å². The van der Waals surface area contributed by atoms with E-state index in [0.717, 1.165) is 12.3 Å². The molecule has 0 amide bonds. The van der Waals surface area contributed by atoms with Gasteiger partial charge >= 0.3 is 7.12 Å². The standard InChI is InChI=1S/C18H23BO2/c1-17(2)14-11-15(17)16-18(3,12-14)21-19(20-16)10-9-13-7-5-4-6-8-13/h4-10,14-16H,11-12H2,1-3H3/b10-9+/t14-,15+,16-,18+/m0/s1. The fourth-order valence-electron chi connectivity index (χ4n) is 4.58. The lowest BCUT2D eigenvalue weighted by Gasteiger charge is -2.63. The van der Waals surface area contributed by atoms with E-state index in [2.05, 4.69) is 57.1 Å². The molecule has 0 unspecified atom stereocenters. The summed E-state index contributed by atoms with van der Waals surface area (Å²) in [7, 11) is -0.199. The molecule has 3 saturated carbocycles. The number of hydrogen-bond donors (Lipinski definition) is 0. The van der Waals surface area contributed by atoms with Crippen LogP contribution in [0.5, 0.6) is 0 Å². The molecule has 0 aromatic heterocycles. The van der Waals surface area contributed by atoms with E-state index in [4.69, 9.17) is 9.31 Å². The molecule has 0 spiro atoms. The summed E-state index contributed by atoms with van der Waals surface area (Å²) < 4.78 is 12.5. The van der Waals surface area contributed by atoms with Gasteiger partial charge in [-0.1, -0.05) is 56.2 Å². The summed E-state index contributed by atoms with van der Waals surface area (Å²) in [5, 5.41) is 0. The summed E-state index contributed by atoms with van der Waals surface area (Å²) >= 11 is 0. The highest BCUT2D eigenvalue weighted by Gasteiger charge is 2.66. The Morgan fingerprint density at radius 1 is 1.19 bits per heavy atom. The molecule has 3 heteroatoms. The molecule has 1 aliphatic heterocycles. The minimum atomic E-state index is -0.199. The van der Waals surface area contributed by atoms with Crippen LogP contribution in [0.2, 0.25) is 0 Å². The molecule has 1 aromatic rings. The van der Waals surface area contributed by atoms with Gasteiger partial charge in [-0.3, -0.25) is 0 Å². The molecular weight excluding hydrogens is 259 g/mol. The van der Waals surface area contributed by atoms with Crippen LogP contribution < -0.4 is 0 Å². The smallest absolute Gasteiger partial charge is 0.402 e. The van der Waals surface area contributed by atoms with E-state index in [0.29, 0.717) is 11.3 Å². The van der Waals surface area contributed by atoms with Crippen molar-refractivity contribution < 1.29 is 9.31 Å². The fraction of sp³-hybridized carbons (Fsp3) is 0.556. The second-order valence-electron chi connectivity index (χ2n) is 7.69. The maximum Gasteiger partial charge on any atom is 0.486 e. The number of hydrogen-bond acceptors (Lipinski definition) is 2. The van der Waals surface area contributed by atoms with Gasteiger partial charge in [0.2, 0.25) is 0 Å². The fourth-order valence-corrected chi connectivity index (χ4v) is 4.58. The zero-order valence-corrected chi connectivity index (χ0v) is 13.1. The van der Waals surface area contributed by atoms with E-state index < -0.39 is 0 Å². The summed E-state index contributed by atoms with van der Waals surface area (Å²) in [6, 6.07) is 10.3. The van der Waals surface area contributed by atoms with Crippen molar-refractivity contribution in [2.45, 2.75) is 45.3 Å². The van der Waals surface area contributed by atoms with E-state index in [1.54, 1.807) is 0 Å². The molecule has 2 bridgehead atoms. The van der Waals surface area contributed by atoms with Crippen LogP contribution in [-0.4, -0.2) is 18.8 Å². The van der Waals surface area contributed by atoms with Crippen molar-refractivity contribution in [2.24, 2.45) is 17.3 Å². The van der Waals surface area contributed by atoms with Gasteiger partial charge in [0.05, 0.1) is 11.7 Å². The second-order valence-corrected chi connectivity index (χ2v) is 7.69. The van der Waals surface area contributed by atoms with Crippen LogP contribution >= 0.6 is 0 Å². The predicted molar refractivity (Wildman–Crippen MR) is 85.6 cm³/mol. The van der Waals surface area contributed by atoms with Gasteiger partial charge in [-0.05, 0) is 42.6 Å². The van der Waals surface area contributed by atoms with Gasteiger partial charge in [0, 0.05) is 0 Å². The highest BCUT2D eigenvalue weighted by molar-refractivity contribution is 6.52. The van der Waals surface area contributed by atoms with Crippen molar-refractivity contribution in [3.63, 3.8) is 0 Å². The van der Waals surface area contributed by atoms with Crippen molar-refractivity contribution >= 4 is 13.2 Å². The molecule has 2 nitrogen and oxygen atoms in total. The molecule has 1 saturated heterocycles. The van der Waals surface area contributed by atoms with E-state index in [-0.39, 0.29) is 18.8 Å². The predicted octanol–water partition coefficient (Wildman–Crippen LogP) is 3.97. The first kappa shape index (κ1) is 13.6. The average molecular weight is 282 g/mol. The summed E-state index contributed by atoms with van der Waals surface area (Å²) in [5.41, 5.74) is 1.52. The Balaban J connectivity index is 1.51. The Morgan fingerprint density at radius 2 is 1.95 bits per heavy atom. The van der Waals surface area contributed by atoms with Crippen molar-refractivity contribution in [1.29, 1.82) is 0 Å². The molecule has 4 aliphatic rings. The largest absolute Gasteiger partial charge is 0.486 e. The average Bonchev–Trinajstić information content (AvgIpc) is 2.82. The van der Waals surface area contributed by atoms with Gasteiger partial charge in [0.15, 0.2) is 0 Å². The quantitative estimate of drug-likeness (QED) is 0.764. The van der Waals surface area contributed by atoms with Crippen LogP contribution in [0.1, 0.15) is 39.2 Å². The van der Waals surface area contributed by atoms with Gasteiger partial charge in [-0.2, -0.15) is 0 Å². The molecule has 3 aliphatic carbocycles. The van der Waals surface area contributed by atoms with Crippen molar-refractivity contribution in [2.75, 3.05) is 0 Å². The van der Waals surface area contributed by atoms with Crippen molar-refractivity contribution in [3.05, 3.63) is 41.9 Å². The van der Waals surface area contributed by atoms with Gasteiger partial charge in [-0.15, -0.1) is 0 Å². The molecule has 110 valence electrons. The first-order valence-electron chi connectivity index (χ1n) is 8.05. The van der Waals surface area contributed by atoms with Crippen LogP contribution in [-0.2, 0) is 9.31 Å². The molecule has 1 heterocycles. The normalized spacial score (nSPS) is 40.1. The summed E-state index contributed by atoms with van der Waals surface area (Å²) in [6.07, 6.45) is 4.80. The summed E-state index contributed by atoms with van der Waals surface area (Å²) in [5.74, 6) is 3.50. The lowest BCUT2D eigenvalue weighted by molar-refractivity contribution is -0.185. The Bertz CT molecular complexity index is 568. The number of benzene rings is 1. The molecule has 1 aromatic carbocycles. The van der Waals surface area contributed by atoms with Crippen LogP contribution in [0.3, 0.4) is 0 Å². The van der Waals surface area contributed by atoms with Crippen LogP contribution in [0.15, 0.2) is 36.3 Å². The highest BCUT2D eigenvalue weighted by atomic mass is 16.7. The highest BCUT2D eigenvalue weighted by Crippen LogP contribution is 2.64. The van der Waals surface area contributed by atoms with Crippen molar-refractivity contribution in [1.82, 2.24) is 0 Å². The lowest BCUT2D eigenvalue weighted by atomic mass is 9.45. The number of rotatable bonds is 2. The molecule has 0 N–H and O–H groups in total. The summed E-state index contributed by atoms with van der Waals surface area (Å²) in [6.45, 7) is 7.02. The van der Waals surface area contributed by atoms with E-state index in [1.165, 1.54) is 12.0 Å².